The third-order valence-corrected chi connectivity index (χ3v) is 8.65. The molecular formula is C26H45NO2. The van der Waals surface area contributed by atoms with E-state index < -0.39 is 11.4 Å². The predicted molar refractivity (Wildman–Crippen MR) is 119 cm³/mol. The molecule has 0 saturated heterocycles. The lowest BCUT2D eigenvalue weighted by Crippen LogP contribution is -2.42. The van der Waals surface area contributed by atoms with Crippen molar-refractivity contribution >= 4 is 5.97 Å². The number of carboxylic acids is 1. The van der Waals surface area contributed by atoms with Gasteiger partial charge in [0.2, 0.25) is 0 Å². The van der Waals surface area contributed by atoms with E-state index in [-0.39, 0.29) is 11.3 Å². The molecule has 2 atom stereocenters. The summed E-state index contributed by atoms with van der Waals surface area (Å²) < 4.78 is 0. The van der Waals surface area contributed by atoms with Gasteiger partial charge in [0.15, 0.2) is 0 Å². The van der Waals surface area contributed by atoms with Crippen molar-refractivity contribution in [1.82, 2.24) is 0 Å². The number of aliphatic carboxylic acids is 1. The lowest BCUT2D eigenvalue weighted by atomic mass is 9.59. The summed E-state index contributed by atoms with van der Waals surface area (Å²) in [6.45, 7) is 6.76. The summed E-state index contributed by atoms with van der Waals surface area (Å²) in [6.07, 6.45) is 17.1. The largest absolute Gasteiger partial charge is 0.481 e. The van der Waals surface area contributed by atoms with Gasteiger partial charge in [-0.3, -0.25) is 4.79 Å². The van der Waals surface area contributed by atoms with E-state index in [0.717, 1.165) is 77.0 Å². The van der Waals surface area contributed by atoms with Crippen LogP contribution in [0.25, 0.3) is 0 Å². The lowest BCUT2D eigenvalue weighted by Gasteiger charge is -2.44. The number of carbonyl (C=O) groups is 1. The topological polar surface area (TPSA) is 61.1 Å². The minimum Gasteiger partial charge on any atom is -0.481 e. The molecule has 2 aliphatic carbocycles. The van der Waals surface area contributed by atoms with Crippen LogP contribution in [0.3, 0.4) is 0 Å². The molecule has 2 saturated carbocycles. The zero-order chi connectivity index (χ0) is 21.3. The molecule has 166 valence electrons. The van der Waals surface area contributed by atoms with Crippen molar-refractivity contribution < 1.29 is 9.90 Å². The maximum absolute atomic E-state index is 12.6. The summed E-state index contributed by atoms with van der Waals surface area (Å²) in [6, 6.07) is 2.71. The van der Waals surface area contributed by atoms with E-state index in [1.807, 2.05) is 0 Å². The minimum absolute atomic E-state index is 0.151. The molecule has 0 aliphatic heterocycles. The van der Waals surface area contributed by atoms with Gasteiger partial charge in [-0.1, -0.05) is 78.6 Å². The van der Waals surface area contributed by atoms with Gasteiger partial charge in [-0.25, -0.2) is 0 Å². The number of rotatable bonds is 11. The Morgan fingerprint density at radius 1 is 0.862 bits per heavy atom. The van der Waals surface area contributed by atoms with E-state index >= 15 is 0 Å². The van der Waals surface area contributed by atoms with Gasteiger partial charge in [0.1, 0.15) is 0 Å². The smallest absolute Gasteiger partial charge is 0.309 e. The van der Waals surface area contributed by atoms with Crippen molar-refractivity contribution in [3.8, 4) is 6.07 Å². The summed E-state index contributed by atoms with van der Waals surface area (Å²) in [4.78, 5) is 12.6. The summed E-state index contributed by atoms with van der Waals surface area (Å²) in [5.74, 6) is 0.811. The zero-order valence-corrected chi connectivity index (χ0v) is 19.3. The Hall–Kier alpha value is -1.04. The fourth-order valence-corrected chi connectivity index (χ4v) is 6.49. The molecule has 3 heteroatoms. The fraction of sp³-hybridized carbons (Fsp3) is 0.923. The highest BCUT2D eigenvalue weighted by atomic mass is 16.4. The van der Waals surface area contributed by atoms with E-state index in [2.05, 4.69) is 26.8 Å². The van der Waals surface area contributed by atoms with Crippen molar-refractivity contribution in [3.63, 3.8) is 0 Å². The Morgan fingerprint density at radius 2 is 1.34 bits per heavy atom. The Bertz CT molecular complexity index is 533. The molecule has 3 nitrogen and oxygen atoms in total. The van der Waals surface area contributed by atoms with E-state index in [0.29, 0.717) is 11.8 Å². The fourth-order valence-electron chi connectivity index (χ4n) is 6.49. The van der Waals surface area contributed by atoms with Gasteiger partial charge in [-0.15, -0.1) is 0 Å². The molecule has 2 rings (SSSR count). The number of hydrogen-bond acceptors (Lipinski definition) is 2. The van der Waals surface area contributed by atoms with Crippen molar-refractivity contribution in [2.24, 2.45) is 28.6 Å². The molecule has 0 radical (unpaired) electrons. The van der Waals surface area contributed by atoms with Crippen molar-refractivity contribution in [1.29, 1.82) is 5.26 Å². The SMILES string of the molecule is CCC(CC)CC(CC(CC)CC1(C#N)CCCCC1)C1(C(=O)O)CCCCC1. The molecule has 0 amide bonds. The van der Waals surface area contributed by atoms with E-state index in [9.17, 15) is 15.2 Å². The maximum Gasteiger partial charge on any atom is 0.309 e. The van der Waals surface area contributed by atoms with Crippen LogP contribution >= 0.6 is 0 Å². The van der Waals surface area contributed by atoms with Crippen LogP contribution in [0.15, 0.2) is 0 Å². The molecule has 0 aromatic heterocycles. The first-order chi connectivity index (χ1) is 13.9. The first kappa shape index (κ1) is 24.2. The zero-order valence-electron chi connectivity index (χ0n) is 19.3. The standard InChI is InChI=1S/C26H45NO2/c1-4-21(5-2)17-23(26(24(28)29)15-11-8-12-16-26)18-22(6-3)19-25(20-27)13-9-7-10-14-25/h21-23H,4-19H2,1-3H3,(H,28,29). The van der Waals surface area contributed by atoms with E-state index in [1.54, 1.807) is 0 Å². The average Bonchev–Trinajstić information content (AvgIpc) is 2.76. The predicted octanol–water partition coefficient (Wildman–Crippen LogP) is 7.74. The van der Waals surface area contributed by atoms with Crippen LogP contribution in [-0.4, -0.2) is 11.1 Å². The molecule has 1 N–H and O–H groups in total. The molecule has 2 aliphatic rings. The number of nitrogens with zero attached hydrogens (tertiary/aromatic N) is 1. The number of nitriles is 1. The van der Waals surface area contributed by atoms with Crippen LogP contribution in [0.5, 0.6) is 0 Å². The molecule has 0 bridgehead atoms. The van der Waals surface area contributed by atoms with Gasteiger partial charge in [-0.2, -0.15) is 5.26 Å². The molecule has 2 fully saturated rings. The second-order valence-electron chi connectivity index (χ2n) is 10.3. The summed E-state index contributed by atoms with van der Waals surface area (Å²) in [5.41, 5.74) is -0.679. The van der Waals surface area contributed by atoms with Crippen LogP contribution in [0.1, 0.15) is 124 Å². The van der Waals surface area contributed by atoms with Crippen LogP contribution < -0.4 is 0 Å². The molecule has 0 aromatic carbocycles. The van der Waals surface area contributed by atoms with E-state index in [4.69, 9.17) is 0 Å². The Morgan fingerprint density at radius 3 is 1.79 bits per heavy atom. The molecule has 2 unspecified atom stereocenters. The number of carboxylic acid groups (broad SMARTS) is 1. The molecule has 29 heavy (non-hydrogen) atoms. The van der Waals surface area contributed by atoms with Crippen LogP contribution in [0.4, 0.5) is 0 Å². The highest BCUT2D eigenvalue weighted by Gasteiger charge is 2.47. The number of hydrogen-bond donors (Lipinski definition) is 1. The molecule has 0 spiro atoms. The van der Waals surface area contributed by atoms with Crippen LogP contribution in [0.2, 0.25) is 0 Å². The summed E-state index contributed by atoms with van der Waals surface area (Å²) in [5, 5.41) is 20.4. The third-order valence-electron chi connectivity index (χ3n) is 8.65. The van der Waals surface area contributed by atoms with Gasteiger partial charge >= 0.3 is 5.97 Å². The molecular weight excluding hydrogens is 358 g/mol. The Balaban J connectivity index is 2.24. The van der Waals surface area contributed by atoms with Gasteiger partial charge < -0.3 is 5.11 Å². The average molecular weight is 404 g/mol. The summed E-state index contributed by atoms with van der Waals surface area (Å²) in [7, 11) is 0. The van der Waals surface area contributed by atoms with Crippen LogP contribution in [-0.2, 0) is 4.79 Å². The van der Waals surface area contributed by atoms with E-state index in [1.165, 1.54) is 25.7 Å². The summed E-state index contributed by atoms with van der Waals surface area (Å²) >= 11 is 0. The quantitative estimate of drug-likeness (QED) is 0.383. The van der Waals surface area contributed by atoms with Gasteiger partial charge in [0.25, 0.3) is 0 Å². The molecule has 0 aromatic rings. The molecule has 0 heterocycles. The first-order valence-corrected chi connectivity index (χ1v) is 12.6. The minimum atomic E-state index is -0.546. The van der Waals surface area contributed by atoms with Crippen molar-refractivity contribution in [3.05, 3.63) is 0 Å². The monoisotopic (exact) mass is 403 g/mol. The Labute approximate surface area is 179 Å². The first-order valence-electron chi connectivity index (χ1n) is 12.6. The Kier molecular flexibility index (Phi) is 9.51. The van der Waals surface area contributed by atoms with Gasteiger partial charge in [-0.05, 0) is 62.7 Å². The second-order valence-corrected chi connectivity index (χ2v) is 10.3. The van der Waals surface area contributed by atoms with Gasteiger partial charge in [0, 0.05) is 0 Å². The lowest BCUT2D eigenvalue weighted by molar-refractivity contribution is -0.157. The van der Waals surface area contributed by atoms with Gasteiger partial charge in [0.05, 0.1) is 16.9 Å². The van der Waals surface area contributed by atoms with Crippen molar-refractivity contribution in [2.75, 3.05) is 0 Å². The normalized spacial score (nSPS) is 23.3. The van der Waals surface area contributed by atoms with Crippen molar-refractivity contribution in [2.45, 2.75) is 124 Å². The second kappa shape index (κ2) is 11.4. The van der Waals surface area contributed by atoms with Crippen LogP contribution in [0, 0.1) is 39.9 Å². The maximum atomic E-state index is 12.6. The highest BCUT2D eigenvalue weighted by Crippen LogP contribution is 2.50. The third kappa shape index (κ3) is 5.99. The highest BCUT2D eigenvalue weighted by molar-refractivity contribution is 5.75.